The molecule has 0 N–H and O–H groups in total. The van der Waals surface area contributed by atoms with Gasteiger partial charge in [0.1, 0.15) is 0 Å². The third-order valence-electron chi connectivity index (χ3n) is 4.58. The smallest absolute Gasteiger partial charge is 0.250 e. The maximum absolute atomic E-state index is 12.2. The molecule has 2 aliphatic heterocycles. The summed E-state index contributed by atoms with van der Waals surface area (Å²) < 4.78 is 1.91. The van der Waals surface area contributed by atoms with Crippen molar-refractivity contribution in [2.24, 2.45) is 5.92 Å². The summed E-state index contributed by atoms with van der Waals surface area (Å²) >= 11 is 0. The van der Waals surface area contributed by atoms with Gasteiger partial charge in [0.2, 0.25) is 5.91 Å². The number of pyridine rings is 1. The van der Waals surface area contributed by atoms with E-state index in [9.17, 15) is 9.59 Å². The van der Waals surface area contributed by atoms with E-state index in [1.807, 2.05) is 21.6 Å². The van der Waals surface area contributed by atoms with Crippen molar-refractivity contribution in [3.8, 4) is 0 Å². The summed E-state index contributed by atoms with van der Waals surface area (Å²) in [7, 11) is 0. The molecule has 2 atom stereocenters. The van der Waals surface area contributed by atoms with E-state index in [-0.39, 0.29) is 11.5 Å². The number of rotatable bonds is 3. The zero-order valence-electron chi connectivity index (χ0n) is 12.0. The molecule has 0 spiro atoms. The fraction of sp³-hybridized carbons (Fsp3) is 0.625. The largest absolute Gasteiger partial charge is 0.342 e. The first-order chi connectivity index (χ1) is 9.69. The van der Waals surface area contributed by atoms with Crippen LogP contribution in [0.4, 0.5) is 0 Å². The molecule has 1 aromatic heterocycles. The molecular formula is C16H22N2O2. The molecule has 2 bridgehead atoms. The van der Waals surface area contributed by atoms with Crippen molar-refractivity contribution in [2.75, 3.05) is 13.1 Å². The van der Waals surface area contributed by atoms with E-state index in [2.05, 4.69) is 6.92 Å². The van der Waals surface area contributed by atoms with Crippen LogP contribution in [0.5, 0.6) is 0 Å². The van der Waals surface area contributed by atoms with E-state index in [1.54, 1.807) is 6.07 Å². The molecule has 4 nitrogen and oxygen atoms in total. The van der Waals surface area contributed by atoms with Crippen molar-refractivity contribution in [3.63, 3.8) is 0 Å². The summed E-state index contributed by atoms with van der Waals surface area (Å²) in [5.41, 5.74) is 1.21. The van der Waals surface area contributed by atoms with Gasteiger partial charge in [-0.2, -0.15) is 0 Å². The molecule has 3 rings (SSSR count). The van der Waals surface area contributed by atoms with Crippen LogP contribution in [-0.2, 0) is 11.3 Å². The zero-order chi connectivity index (χ0) is 14.1. The maximum atomic E-state index is 12.2. The topological polar surface area (TPSA) is 42.3 Å². The van der Waals surface area contributed by atoms with E-state index in [0.717, 1.165) is 44.6 Å². The summed E-state index contributed by atoms with van der Waals surface area (Å²) in [5, 5.41) is 0. The Bertz CT molecular complexity index is 564. The SMILES string of the molecule is CCCCC(=O)N1C[C@H]2C[C@@H](C1)c1cccc(=O)n1C2. The zero-order valence-corrected chi connectivity index (χ0v) is 12.0. The molecule has 1 fully saturated rings. The highest BCUT2D eigenvalue weighted by Crippen LogP contribution is 2.35. The van der Waals surface area contributed by atoms with Gasteiger partial charge in [0.05, 0.1) is 0 Å². The van der Waals surface area contributed by atoms with Crippen molar-refractivity contribution < 1.29 is 4.79 Å². The van der Waals surface area contributed by atoms with Crippen LogP contribution in [0.15, 0.2) is 23.0 Å². The van der Waals surface area contributed by atoms with Crippen LogP contribution in [0.3, 0.4) is 0 Å². The Morgan fingerprint density at radius 2 is 2.15 bits per heavy atom. The fourth-order valence-corrected chi connectivity index (χ4v) is 3.59. The molecule has 2 aliphatic rings. The average molecular weight is 274 g/mol. The highest BCUT2D eigenvalue weighted by atomic mass is 16.2. The normalized spacial score (nSPS) is 24.4. The van der Waals surface area contributed by atoms with E-state index in [1.165, 1.54) is 0 Å². The molecule has 0 aliphatic carbocycles. The van der Waals surface area contributed by atoms with Gasteiger partial charge in [-0.3, -0.25) is 9.59 Å². The lowest BCUT2D eigenvalue weighted by Crippen LogP contribution is -2.49. The Balaban J connectivity index is 1.80. The fourth-order valence-electron chi connectivity index (χ4n) is 3.59. The Labute approximate surface area is 119 Å². The molecule has 0 unspecified atom stereocenters. The summed E-state index contributed by atoms with van der Waals surface area (Å²) in [6.07, 6.45) is 3.81. The number of piperidine rings is 1. The summed E-state index contributed by atoms with van der Waals surface area (Å²) in [4.78, 5) is 26.2. The Kier molecular flexibility index (Phi) is 3.64. The number of fused-ring (bicyclic) bond motifs is 4. The minimum Gasteiger partial charge on any atom is -0.342 e. The van der Waals surface area contributed by atoms with Crippen LogP contribution in [0.25, 0.3) is 0 Å². The molecule has 20 heavy (non-hydrogen) atoms. The van der Waals surface area contributed by atoms with Crippen LogP contribution >= 0.6 is 0 Å². The van der Waals surface area contributed by atoms with Crippen LogP contribution in [-0.4, -0.2) is 28.5 Å². The Hall–Kier alpha value is -1.58. The third kappa shape index (κ3) is 2.39. The predicted molar refractivity (Wildman–Crippen MR) is 77.7 cm³/mol. The number of hydrogen-bond donors (Lipinski definition) is 0. The second-order valence-electron chi connectivity index (χ2n) is 6.10. The second kappa shape index (κ2) is 5.43. The molecule has 0 radical (unpaired) electrons. The van der Waals surface area contributed by atoms with Gasteiger partial charge >= 0.3 is 0 Å². The first kappa shape index (κ1) is 13.4. The monoisotopic (exact) mass is 274 g/mol. The molecule has 0 saturated carbocycles. The summed E-state index contributed by atoms with van der Waals surface area (Å²) in [6.45, 7) is 4.48. The minimum atomic E-state index is 0.1000. The van der Waals surface area contributed by atoms with E-state index in [0.29, 0.717) is 18.3 Å². The van der Waals surface area contributed by atoms with Gasteiger partial charge in [0.15, 0.2) is 0 Å². The lowest BCUT2D eigenvalue weighted by Gasteiger charge is -2.42. The summed E-state index contributed by atoms with van der Waals surface area (Å²) in [6, 6.07) is 5.52. The number of likely N-dealkylation sites (tertiary alicyclic amines) is 1. The van der Waals surface area contributed by atoms with Gasteiger partial charge in [-0.1, -0.05) is 19.4 Å². The molecule has 3 heterocycles. The molecule has 4 heteroatoms. The van der Waals surface area contributed by atoms with Crippen molar-refractivity contribution >= 4 is 5.91 Å². The highest BCUT2D eigenvalue weighted by molar-refractivity contribution is 5.76. The number of carbonyl (C=O) groups excluding carboxylic acids is 1. The van der Waals surface area contributed by atoms with Crippen molar-refractivity contribution in [3.05, 3.63) is 34.2 Å². The van der Waals surface area contributed by atoms with Crippen molar-refractivity contribution in [2.45, 2.75) is 45.1 Å². The number of nitrogens with zero attached hydrogens (tertiary/aromatic N) is 2. The standard InChI is InChI=1S/C16H22N2O2/c1-2-3-6-15(19)17-9-12-8-13(11-17)14-5-4-7-16(20)18(14)10-12/h4-5,7,12-13H,2-3,6,8-11H2,1H3/t12-,13+/m1/s1. The molecule has 1 aromatic rings. The quantitative estimate of drug-likeness (QED) is 0.846. The van der Waals surface area contributed by atoms with Crippen LogP contribution in [0.2, 0.25) is 0 Å². The highest BCUT2D eigenvalue weighted by Gasteiger charge is 2.35. The van der Waals surface area contributed by atoms with Gasteiger partial charge in [0.25, 0.3) is 5.56 Å². The molecular weight excluding hydrogens is 252 g/mol. The number of amides is 1. The lowest BCUT2D eigenvalue weighted by molar-refractivity contribution is -0.134. The lowest BCUT2D eigenvalue weighted by atomic mass is 9.83. The van der Waals surface area contributed by atoms with E-state index in [4.69, 9.17) is 0 Å². The van der Waals surface area contributed by atoms with Gasteiger partial charge in [-0.25, -0.2) is 0 Å². The van der Waals surface area contributed by atoms with Crippen molar-refractivity contribution in [1.29, 1.82) is 0 Å². The molecule has 0 aromatic carbocycles. The van der Waals surface area contributed by atoms with E-state index >= 15 is 0 Å². The second-order valence-corrected chi connectivity index (χ2v) is 6.10. The Morgan fingerprint density at radius 1 is 1.30 bits per heavy atom. The molecule has 1 amide bonds. The number of unbranched alkanes of at least 4 members (excludes halogenated alkanes) is 1. The van der Waals surface area contributed by atoms with Crippen molar-refractivity contribution in [1.82, 2.24) is 9.47 Å². The third-order valence-corrected chi connectivity index (χ3v) is 4.58. The van der Waals surface area contributed by atoms with E-state index < -0.39 is 0 Å². The molecule has 1 saturated heterocycles. The van der Waals surface area contributed by atoms with Gasteiger partial charge in [-0.15, -0.1) is 0 Å². The minimum absolute atomic E-state index is 0.1000. The van der Waals surface area contributed by atoms with Gasteiger partial charge in [0, 0.05) is 43.7 Å². The van der Waals surface area contributed by atoms with Gasteiger partial charge in [-0.05, 0) is 24.8 Å². The first-order valence-electron chi connectivity index (χ1n) is 7.66. The number of hydrogen-bond acceptors (Lipinski definition) is 2. The van der Waals surface area contributed by atoms with Crippen LogP contribution < -0.4 is 5.56 Å². The number of aromatic nitrogens is 1. The predicted octanol–water partition coefficient (Wildman–Crippen LogP) is 1.98. The maximum Gasteiger partial charge on any atom is 0.250 e. The first-order valence-corrected chi connectivity index (χ1v) is 7.66. The summed E-state index contributed by atoms with van der Waals surface area (Å²) in [5.74, 6) is 1.06. The Morgan fingerprint density at radius 3 is 2.95 bits per heavy atom. The molecule has 108 valence electrons. The van der Waals surface area contributed by atoms with Crippen LogP contribution in [0, 0.1) is 5.92 Å². The average Bonchev–Trinajstić information content (AvgIpc) is 2.46. The number of carbonyl (C=O) groups is 1. The van der Waals surface area contributed by atoms with Crippen LogP contribution in [0.1, 0.15) is 44.2 Å². The van der Waals surface area contributed by atoms with Gasteiger partial charge < -0.3 is 9.47 Å².